The van der Waals surface area contributed by atoms with Gasteiger partial charge in [0.15, 0.2) is 5.76 Å². The number of carbonyl (C=O) groups is 2. The van der Waals surface area contributed by atoms with E-state index >= 15 is 0 Å². The van der Waals surface area contributed by atoms with Crippen LogP contribution in [0.2, 0.25) is 0 Å². The largest absolute Gasteiger partial charge is 0.487 e. The molecule has 0 aromatic heterocycles. The Labute approximate surface area is 70.3 Å². The molecule has 0 aliphatic rings. The van der Waals surface area contributed by atoms with E-state index in [1.807, 2.05) is 0 Å². The third-order valence-corrected chi connectivity index (χ3v) is 0.557. The Morgan fingerprint density at radius 3 is 1.83 bits per heavy atom. The second-order valence-electron chi connectivity index (χ2n) is 1.68. The van der Waals surface area contributed by atoms with E-state index in [9.17, 15) is 4.79 Å². The smallest absolute Gasteiger partial charge is 0.370 e. The highest BCUT2D eigenvalue weighted by atomic mass is 16.5. The van der Waals surface area contributed by atoms with Crippen molar-refractivity contribution < 1.29 is 24.5 Å². The molecule has 5 nitrogen and oxygen atoms in total. The summed E-state index contributed by atoms with van der Waals surface area (Å²) in [4.78, 5) is 18.9. The molecular weight excluding hydrogens is 164 g/mol. The molecule has 5 heteroatoms. The summed E-state index contributed by atoms with van der Waals surface area (Å²) in [6.45, 7) is 6.26. The fraction of sp³-hybridized carbons (Fsp3) is 0.429. The molecule has 0 heterocycles. The summed E-state index contributed by atoms with van der Waals surface area (Å²) in [6.07, 6.45) is 0. The molecule has 0 aromatic carbocycles. The average molecular weight is 176 g/mol. The van der Waals surface area contributed by atoms with Gasteiger partial charge >= 0.3 is 5.97 Å². The summed E-state index contributed by atoms with van der Waals surface area (Å²) in [6, 6.07) is 0. The second-order valence-corrected chi connectivity index (χ2v) is 1.68. The van der Waals surface area contributed by atoms with Gasteiger partial charge in [0.25, 0.3) is 5.97 Å². The summed E-state index contributed by atoms with van der Waals surface area (Å²) >= 11 is 0. The van der Waals surface area contributed by atoms with Gasteiger partial charge in [-0.2, -0.15) is 0 Å². The van der Waals surface area contributed by atoms with Gasteiger partial charge in [-0.3, -0.25) is 4.79 Å². The Balaban J connectivity index is 0. The fourth-order valence-corrected chi connectivity index (χ4v) is 0.236. The summed E-state index contributed by atoms with van der Waals surface area (Å²) < 4.78 is 4.51. The van der Waals surface area contributed by atoms with E-state index in [0.29, 0.717) is 6.61 Å². The molecule has 0 spiro atoms. The number of carboxylic acids is 2. The highest BCUT2D eigenvalue weighted by molar-refractivity contribution is 5.83. The quantitative estimate of drug-likeness (QED) is 0.488. The van der Waals surface area contributed by atoms with E-state index in [1.54, 1.807) is 6.92 Å². The Hall–Kier alpha value is -1.52. The molecule has 0 rings (SSSR count). The van der Waals surface area contributed by atoms with Crippen molar-refractivity contribution in [3.05, 3.63) is 12.3 Å². The number of rotatable bonds is 3. The molecule has 0 aliphatic carbocycles. The summed E-state index contributed by atoms with van der Waals surface area (Å²) in [5.74, 6) is -2.14. The Kier molecular flexibility index (Phi) is 8.28. The minimum Gasteiger partial charge on any atom is -0.487 e. The van der Waals surface area contributed by atoms with Gasteiger partial charge in [-0.05, 0) is 13.5 Å². The first-order valence-electron chi connectivity index (χ1n) is 3.16. The zero-order chi connectivity index (χ0) is 10.1. The summed E-state index contributed by atoms with van der Waals surface area (Å²) in [5, 5.41) is 15.5. The van der Waals surface area contributed by atoms with Crippen molar-refractivity contribution >= 4 is 11.9 Å². The van der Waals surface area contributed by atoms with Crippen molar-refractivity contribution in [2.24, 2.45) is 0 Å². The first-order chi connectivity index (χ1) is 5.41. The van der Waals surface area contributed by atoms with Crippen molar-refractivity contribution in [2.75, 3.05) is 6.61 Å². The minimum absolute atomic E-state index is 0.201. The zero-order valence-corrected chi connectivity index (χ0v) is 7.03. The van der Waals surface area contributed by atoms with E-state index in [0.717, 1.165) is 6.92 Å². The lowest BCUT2D eigenvalue weighted by molar-refractivity contribution is -0.136. The highest BCUT2D eigenvalue weighted by Crippen LogP contribution is 1.90. The van der Waals surface area contributed by atoms with Crippen LogP contribution in [0.15, 0.2) is 12.3 Å². The predicted molar refractivity (Wildman–Crippen MR) is 41.7 cm³/mol. The average Bonchev–Trinajstić information content (AvgIpc) is 1.86. The van der Waals surface area contributed by atoms with E-state index in [-0.39, 0.29) is 5.76 Å². The van der Waals surface area contributed by atoms with Gasteiger partial charge in [-0.25, -0.2) is 4.79 Å². The first kappa shape index (κ1) is 13.1. The molecule has 0 amide bonds. The van der Waals surface area contributed by atoms with E-state index in [4.69, 9.17) is 15.0 Å². The monoisotopic (exact) mass is 176 g/mol. The fourth-order valence-electron chi connectivity index (χ4n) is 0.236. The molecule has 70 valence electrons. The van der Waals surface area contributed by atoms with Crippen LogP contribution in [0.1, 0.15) is 13.8 Å². The number of carboxylic acid groups (broad SMARTS) is 2. The lowest BCUT2D eigenvalue weighted by Gasteiger charge is -1.97. The maximum Gasteiger partial charge on any atom is 0.370 e. The van der Waals surface area contributed by atoms with Crippen molar-refractivity contribution in [2.45, 2.75) is 13.8 Å². The highest BCUT2D eigenvalue weighted by Gasteiger charge is 2.00. The van der Waals surface area contributed by atoms with Crippen LogP contribution in [-0.4, -0.2) is 28.8 Å². The maximum atomic E-state index is 9.86. The van der Waals surface area contributed by atoms with E-state index in [1.165, 1.54) is 0 Å². The lowest BCUT2D eigenvalue weighted by atomic mass is 10.6. The molecule has 0 radical (unpaired) electrons. The number of ether oxygens (including phenoxy) is 1. The first-order valence-corrected chi connectivity index (χ1v) is 3.16. The summed E-state index contributed by atoms with van der Waals surface area (Å²) in [5.41, 5.74) is 0. The standard InChI is InChI=1S/C5H8O3.C2H4O2/c1-3-8-4(2)5(6)7;1-2(3)4/h2-3H2,1H3,(H,6,7);1H3,(H,3,4). The van der Waals surface area contributed by atoms with Gasteiger partial charge in [0, 0.05) is 6.92 Å². The van der Waals surface area contributed by atoms with Gasteiger partial charge in [0.2, 0.25) is 0 Å². The van der Waals surface area contributed by atoms with Crippen LogP contribution in [-0.2, 0) is 14.3 Å². The molecule has 0 saturated heterocycles. The van der Waals surface area contributed by atoms with E-state index in [2.05, 4.69) is 11.3 Å². The Morgan fingerprint density at radius 1 is 1.42 bits per heavy atom. The van der Waals surface area contributed by atoms with Gasteiger partial charge in [0.05, 0.1) is 6.61 Å². The van der Waals surface area contributed by atoms with Gasteiger partial charge < -0.3 is 14.9 Å². The number of aliphatic carboxylic acids is 2. The lowest BCUT2D eigenvalue weighted by Crippen LogP contribution is -2.02. The van der Waals surface area contributed by atoms with Crippen molar-refractivity contribution in [3.63, 3.8) is 0 Å². The molecule has 0 aromatic rings. The SMILES string of the molecule is C=C(OCC)C(=O)O.CC(=O)O. The molecule has 0 fully saturated rings. The van der Waals surface area contributed by atoms with Crippen LogP contribution in [0.4, 0.5) is 0 Å². The predicted octanol–water partition coefficient (Wildman–Crippen LogP) is 0.712. The molecule has 0 saturated carbocycles. The number of hydrogen-bond acceptors (Lipinski definition) is 3. The van der Waals surface area contributed by atoms with Crippen LogP contribution < -0.4 is 0 Å². The topological polar surface area (TPSA) is 83.8 Å². The van der Waals surface area contributed by atoms with Crippen LogP contribution in [0.5, 0.6) is 0 Å². The molecule has 0 bridgehead atoms. The van der Waals surface area contributed by atoms with Crippen molar-refractivity contribution in [1.82, 2.24) is 0 Å². The minimum atomic E-state index is -1.10. The van der Waals surface area contributed by atoms with E-state index < -0.39 is 11.9 Å². The zero-order valence-electron chi connectivity index (χ0n) is 7.03. The van der Waals surface area contributed by atoms with Crippen LogP contribution in [0.25, 0.3) is 0 Å². The molecule has 0 unspecified atom stereocenters. The van der Waals surface area contributed by atoms with Gasteiger partial charge in [0.1, 0.15) is 0 Å². The van der Waals surface area contributed by atoms with Crippen LogP contribution in [0, 0.1) is 0 Å². The Morgan fingerprint density at radius 2 is 1.75 bits per heavy atom. The molecule has 2 N–H and O–H groups in total. The second kappa shape index (κ2) is 7.59. The number of hydrogen-bond donors (Lipinski definition) is 2. The third kappa shape index (κ3) is 15.8. The Bertz CT molecular complexity index is 169. The normalized spacial score (nSPS) is 7.50. The van der Waals surface area contributed by atoms with Crippen molar-refractivity contribution in [3.8, 4) is 0 Å². The molecule has 12 heavy (non-hydrogen) atoms. The molecular formula is C7H12O5. The molecule has 0 aliphatic heterocycles. The third-order valence-electron chi connectivity index (χ3n) is 0.557. The summed E-state index contributed by atoms with van der Waals surface area (Å²) in [7, 11) is 0. The van der Waals surface area contributed by atoms with Crippen molar-refractivity contribution in [1.29, 1.82) is 0 Å². The van der Waals surface area contributed by atoms with Gasteiger partial charge in [-0.1, -0.05) is 0 Å². The van der Waals surface area contributed by atoms with Crippen LogP contribution in [0.3, 0.4) is 0 Å². The maximum absolute atomic E-state index is 9.86. The van der Waals surface area contributed by atoms with Crippen LogP contribution >= 0.6 is 0 Å². The van der Waals surface area contributed by atoms with Gasteiger partial charge in [-0.15, -0.1) is 0 Å². The molecule has 0 atom stereocenters.